The van der Waals surface area contributed by atoms with E-state index in [1.165, 1.54) is 10.4 Å². The summed E-state index contributed by atoms with van der Waals surface area (Å²) < 4.78 is 12.7. The van der Waals surface area contributed by atoms with E-state index in [4.69, 9.17) is 9.16 Å². The molecule has 0 heterocycles. The smallest absolute Gasteiger partial charge is 0.410 e. The van der Waals surface area contributed by atoms with Crippen LogP contribution >= 0.6 is 0 Å². The molecule has 0 N–H and O–H groups in total. The lowest BCUT2D eigenvalue weighted by Gasteiger charge is -2.44. The zero-order valence-electron chi connectivity index (χ0n) is 20.1. The predicted molar refractivity (Wildman–Crippen MR) is 130 cm³/mol. The number of hydrogen-bond donors (Lipinski definition) is 0. The van der Waals surface area contributed by atoms with E-state index in [0.29, 0.717) is 6.61 Å². The molecule has 1 fully saturated rings. The largest absolute Gasteiger partial charge is 0.444 e. The van der Waals surface area contributed by atoms with Gasteiger partial charge in [0.05, 0.1) is 12.1 Å². The van der Waals surface area contributed by atoms with Crippen molar-refractivity contribution in [3.8, 4) is 0 Å². The first-order valence-corrected chi connectivity index (χ1v) is 13.0. The maximum absolute atomic E-state index is 12.8. The van der Waals surface area contributed by atoms with Crippen LogP contribution in [-0.4, -0.2) is 44.1 Å². The highest BCUT2D eigenvalue weighted by Gasteiger charge is 2.55. The molecule has 1 aliphatic rings. The molecule has 0 spiro atoms. The fraction of sp³-hybridized carbons (Fsp3) is 0.500. The summed E-state index contributed by atoms with van der Waals surface area (Å²) in [6.07, 6.45) is 1.58. The molecule has 1 saturated carbocycles. The Morgan fingerprint density at radius 1 is 0.903 bits per heavy atom. The van der Waals surface area contributed by atoms with Gasteiger partial charge in [0.2, 0.25) is 0 Å². The first kappa shape index (κ1) is 23.5. The summed E-state index contributed by atoms with van der Waals surface area (Å²) in [4.78, 5) is 14.5. The third kappa shape index (κ3) is 4.88. The Morgan fingerprint density at radius 3 is 1.71 bits per heavy atom. The summed E-state index contributed by atoms with van der Waals surface area (Å²) in [5.41, 5.74) is -0.810. The van der Waals surface area contributed by atoms with E-state index in [1.807, 2.05) is 27.8 Å². The summed E-state index contributed by atoms with van der Waals surface area (Å²) in [5.74, 6) is 0. The second-order valence-corrected chi connectivity index (χ2v) is 15.0. The quantitative estimate of drug-likeness (QED) is 0.597. The Balaban J connectivity index is 1.96. The van der Waals surface area contributed by atoms with Gasteiger partial charge < -0.3 is 14.1 Å². The Labute approximate surface area is 188 Å². The minimum absolute atomic E-state index is 0.0870. The molecular weight excluding hydrogens is 402 g/mol. The third-order valence-corrected chi connectivity index (χ3v) is 11.2. The zero-order chi connectivity index (χ0) is 22.9. The van der Waals surface area contributed by atoms with Gasteiger partial charge in [0, 0.05) is 7.05 Å². The molecule has 168 valence electrons. The normalized spacial score (nSPS) is 16.0. The maximum atomic E-state index is 12.8. The number of likely N-dealkylation sites (N-methyl/N-ethyl adjacent to an activating group) is 1. The number of nitrogens with zero attached hydrogens (tertiary/aromatic N) is 1. The Hall–Kier alpha value is -2.11. The summed E-state index contributed by atoms with van der Waals surface area (Å²) in [7, 11) is -0.782. The van der Waals surface area contributed by atoms with Crippen molar-refractivity contribution in [2.75, 3.05) is 13.7 Å². The van der Waals surface area contributed by atoms with Gasteiger partial charge in [-0.05, 0) is 49.0 Å². The van der Waals surface area contributed by atoms with Crippen LogP contribution in [0.2, 0.25) is 5.04 Å². The van der Waals surface area contributed by atoms with Crippen molar-refractivity contribution in [1.82, 2.24) is 4.90 Å². The molecule has 4 nitrogen and oxygen atoms in total. The average molecular weight is 440 g/mol. The molecule has 0 saturated heterocycles. The van der Waals surface area contributed by atoms with Gasteiger partial charge in [-0.25, -0.2) is 4.79 Å². The molecule has 0 aliphatic heterocycles. The van der Waals surface area contributed by atoms with E-state index >= 15 is 0 Å². The van der Waals surface area contributed by atoms with Crippen molar-refractivity contribution in [3.05, 3.63) is 60.7 Å². The lowest BCUT2D eigenvalue weighted by Crippen LogP contribution is -2.67. The Kier molecular flexibility index (Phi) is 6.41. The molecule has 31 heavy (non-hydrogen) atoms. The number of amides is 1. The second-order valence-electron chi connectivity index (χ2n) is 10.7. The topological polar surface area (TPSA) is 38.8 Å². The molecule has 2 aromatic rings. The highest BCUT2D eigenvalue weighted by atomic mass is 28.4. The van der Waals surface area contributed by atoms with Gasteiger partial charge in [-0.1, -0.05) is 81.4 Å². The van der Waals surface area contributed by atoms with Crippen LogP contribution in [0.15, 0.2) is 60.7 Å². The van der Waals surface area contributed by atoms with E-state index in [9.17, 15) is 4.79 Å². The van der Waals surface area contributed by atoms with Crippen molar-refractivity contribution < 1.29 is 14.0 Å². The molecule has 0 unspecified atom stereocenters. The van der Waals surface area contributed by atoms with E-state index in [-0.39, 0.29) is 16.7 Å². The van der Waals surface area contributed by atoms with Crippen LogP contribution in [0, 0.1) is 0 Å². The Bertz CT molecular complexity index is 841. The lowest BCUT2D eigenvalue weighted by atomic mass is 10.2. The van der Waals surface area contributed by atoms with Crippen LogP contribution in [0.4, 0.5) is 4.79 Å². The highest BCUT2D eigenvalue weighted by Crippen LogP contribution is 2.44. The second kappa shape index (κ2) is 8.44. The van der Waals surface area contributed by atoms with Crippen molar-refractivity contribution in [3.63, 3.8) is 0 Å². The minimum atomic E-state index is -2.63. The molecule has 3 rings (SSSR count). The monoisotopic (exact) mass is 439 g/mol. The summed E-state index contributed by atoms with van der Waals surface area (Å²) in [5, 5.41) is 2.42. The van der Waals surface area contributed by atoms with Gasteiger partial charge in [-0.15, -0.1) is 0 Å². The summed E-state index contributed by atoms with van der Waals surface area (Å²) >= 11 is 0. The van der Waals surface area contributed by atoms with Gasteiger partial charge >= 0.3 is 6.09 Å². The van der Waals surface area contributed by atoms with Crippen molar-refractivity contribution >= 4 is 24.8 Å². The molecule has 0 bridgehead atoms. The van der Waals surface area contributed by atoms with Gasteiger partial charge in [0.15, 0.2) is 0 Å². The zero-order valence-corrected chi connectivity index (χ0v) is 21.1. The summed E-state index contributed by atoms with van der Waals surface area (Å²) in [6, 6.07) is 21.3. The molecule has 5 heteroatoms. The minimum Gasteiger partial charge on any atom is -0.444 e. The number of benzene rings is 2. The number of hydrogen-bond acceptors (Lipinski definition) is 3. The third-order valence-electron chi connectivity index (χ3n) is 6.18. The molecule has 1 amide bonds. The molecule has 0 radical (unpaired) electrons. The number of ether oxygens (including phenoxy) is 1. The molecular formula is C26H37NO3Si. The predicted octanol–water partition coefficient (Wildman–Crippen LogP) is 4.96. The van der Waals surface area contributed by atoms with Gasteiger partial charge in [-0.3, -0.25) is 0 Å². The molecule has 0 atom stereocenters. The summed E-state index contributed by atoms with van der Waals surface area (Å²) in [6.45, 7) is 13.0. The molecule has 2 aromatic carbocycles. The highest BCUT2D eigenvalue weighted by molar-refractivity contribution is 6.99. The number of carbonyl (C=O) groups excluding carboxylic acids is 1. The van der Waals surface area contributed by atoms with Crippen LogP contribution in [0.25, 0.3) is 0 Å². The van der Waals surface area contributed by atoms with Gasteiger partial charge in [0.1, 0.15) is 5.60 Å². The van der Waals surface area contributed by atoms with Crippen LogP contribution in [0.5, 0.6) is 0 Å². The van der Waals surface area contributed by atoms with Crippen molar-refractivity contribution in [2.45, 2.75) is 70.6 Å². The van der Waals surface area contributed by atoms with Crippen LogP contribution in [0.3, 0.4) is 0 Å². The first-order valence-electron chi connectivity index (χ1n) is 11.1. The van der Waals surface area contributed by atoms with E-state index in [2.05, 4.69) is 81.4 Å². The number of rotatable bonds is 6. The molecule has 0 aromatic heterocycles. The SMILES string of the molecule is CN(C(=O)OC(C)(C)C)C1(CO[Si](c2ccccc2)(c2ccccc2)C(C)(C)C)CC1. The fourth-order valence-corrected chi connectivity index (χ4v) is 8.89. The Morgan fingerprint density at radius 2 is 1.35 bits per heavy atom. The van der Waals surface area contributed by atoms with Crippen molar-refractivity contribution in [2.24, 2.45) is 0 Å². The maximum Gasteiger partial charge on any atom is 0.410 e. The van der Waals surface area contributed by atoms with Gasteiger partial charge in [-0.2, -0.15) is 0 Å². The van der Waals surface area contributed by atoms with Crippen LogP contribution < -0.4 is 10.4 Å². The van der Waals surface area contributed by atoms with Crippen LogP contribution in [0.1, 0.15) is 54.4 Å². The van der Waals surface area contributed by atoms with Crippen molar-refractivity contribution in [1.29, 1.82) is 0 Å². The standard InChI is InChI=1S/C26H37NO3Si/c1-24(2,3)30-23(28)27(7)26(18-19-26)20-29-31(25(4,5)6,21-14-10-8-11-15-21)22-16-12-9-13-17-22/h8-17H,18-20H2,1-7H3. The lowest BCUT2D eigenvalue weighted by molar-refractivity contribution is 0.0134. The fourth-order valence-electron chi connectivity index (χ4n) is 4.25. The first-order chi connectivity index (χ1) is 14.4. The van der Waals surface area contributed by atoms with E-state index in [1.54, 1.807) is 4.90 Å². The van der Waals surface area contributed by atoms with E-state index in [0.717, 1.165) is 12.8 Å². The van der Waals surface area contributed by atoms with Crippen LogP contribution in [-0.2, 0) is 9.16 Å². The van der Waals surface area contributed by atoms with E-state index < -0.39 is 13.9 Å². The molecule has 1 aliphatic carbocycles. The van der Waals surface area contributed by atoms with Gasteiger partial charge in [0.25, 0.3) is 8.32 Å². The average Bonchev–Trinajstić information content (AvgIpc) is 3.48. The number of carbonyl (C=O) groups is 1.